The summed E-state index contributed by atoms with van der Waals surface area (Å²) in [6, 6.07) is 26.8. The molecule has 0 radical (unpaired) electrons. The Hall–Kier alpha value is -3.02. The first-order valence-electron chi connectivity index (χ1n) is 11.1. The summed E-state index contributed by atoms with van der Waals surface area (Å²) in [4.78, 5) is 15.4. The Labute approximate surface area is 189 Å². The van der Waals surface area contributed by atoms with Gasteiger partial charge in [0, 0.05) is 32.0 Å². The molecule has 1 fully saturated rings. The average Bonchev–Trinajstić information content (AvgIpc) is 2.85. The molecule has 4 rings (SSSR count). The van der Waals surface area contributed by atoms with Gasteiger partial charge in [-0.3, -0.25) is 9.69 Å². The van der Waals surface area contributed by atoms with E-state index in [0.717, 1.165) is 29.8 Å². The minimum atomic E-state index is -0.257. The SMILES string of the molecule is O=C(CC(c1ccccc1)c1ccccc1)NC[C@H](c1ccc(F)cc1)N1CCOCC1. The highest BCUT2D eigenvalue weighted by atomic mass is 19.1. The second-order valence-electron chi connectivity index (χ2n) is 8.10. The van der Waals surface area contributed by atoms with Gasteiger partial charge in [0.05, 0.1) is 19.3 Å². The molecule has 4 nitrogen and oxygen atoms in total. The molecule has 1 atom stereocenters. The van der Waals surface area contributed by atoms with Crippen LogP contribution in [-0.2, 0) is 9.53 Å². The lowest BCUT2D eigenvalue weighted by Gasteiger charge is -2.35. The molecule has 1 N–H and O–H groups in total. The first kappa shape index (κ1) is 22.2. The number of halogens is 1. The fraction of sp³-hybridized carbons (Fsp3) is 0.296. The summed E-state index contributed by atoms with van der Waals surface area (Å²) in [6.07, 6.45) is 0.368. The molecule has 166 valence electrons. The summed E-state index contributed by atoms with van der Waals surface area (Å²) in [5.74, 6) is -0.264. The van der Waals surface area contributed by atoms with Gasteiger partial charge in [-0.1, -0.05) is 72.8 Å². The van der Waals surface area contributed by atoms with Crippen LogP contribution in [0, 0.1) is 5.82 Å². The largest absolute Gasteiger partial charge is 0.379 e. The van der Waals surface area contributed by atoms with Gasteiger partial charge in [-0.05, 0) is 28.8 Å². The topological polar surface area (TPSA) is 41.6 Å². The minimum Gasteiger partial charge on any atom is -0.379 e. The van der Waals surface area contributed by atoms with Gasteiger partial charge in [-0.15, -0.1) is 0 Å². The number of morpholine rings is 1. The van der Waals surface area contributed by atoms with Crippen LogP contribution in [0.5, 0.6) is 0 Å². The molecular formula is C27H29FN2O2. The lowest BCUT2D eigenvalue weighted by atomic mass is 9.88. The number of nitrogens with zero attached hydrogens (tertiary/aromatic N) is 1. The van der Waals surface area contributed by atoms with E-state index in [1.54, 1.807) is 12.1 Å². The van der Waals surface area contributed by atoms with E-state index in [2.05, 4.69) is 34.5 Å². The van der Waals surface area contributed by atoms with Gasteiger partial charge >= 0.3 is 0 Å². The van der Waals surface area contributed by atoms with Crippen LogP contribution in [0.25, 0.3) is 0 Å². The van der Waals surface area contributed by atoms with Crippen molar-refractivity contribution in [2.75, 3.05) is 32.8 Å². The van der Waals surface area contributed by atoms with Crippen molar-refractivity contribution in [1.29, 1.82) is 0 Å². The third-order valence-corrected chi connectivity index (χ3v) is 6.03. The van der Waals surface area contributed by atoms with Crippen molar-refractivity contribution in [3.63, 3.8) is 0 Å². The monoisotopic (exact) mass is 432 g/mol. The Kier molecular flexibility index (Phi) is 7.64. The van der Waals surface area contributed by atoms with Crippen LogP contribution in [0.1, 0.15) is 35.1 Å². The third-order valence-electron chi connectivity index (χ3n) is 6.03. The molecule has 5 heteroatoms. The zero-order valence-electron chi connectivity index (χ0n) is 18.1. The quantitative estimate of drug-likeness (QED) is 0.568. The highest BCUT2D eigenvalue weighted by Crippen LogP contribution is 2.28. The number of carbonyl (C=O) groups excluding carboxylic acids is 1. The summed E-state index contributed by atoms with van der Waals surface area (Å²) in [6.45, 7) is 3.37. The Morgan fingerprint density at radius 2 is 1.41 bits per heavy atom. The van der Waals surface area contributed by atoms with Crippen molar-refractivity contribution in [3.05, 3.63) is 107 Å². The second kappa shape index (κ2) is 11.0. The number of benzene rings is 3. The van der Waals surface area contributed by atoms with E-state index >= 15 is 0 Å². The molecule has 1 amide bonds. The van der Waals surface area contributed by atoms with Gasteiger partial charge < -0.3 is 10.1 Å². The Morgan fingerprint density at radius 1 is 0.844 bits per heavy atom. The van der Waals surface area contributed by atoms with E-state index in [0.29, 0.717) is 26.2 Å². The van der Waals surface area contributed by atoms with Crippen molar-refractivity contribution in [2.45, 2.75) is 18.4 Å². The van der Waals surface area contributed by atoms with Crippen molar-refractivity contribution in [1.82, 2.24) is 10.2 Å². The molecule has 0 saturated carbocycles. The highest BCUT2D eigenvalue weighted by molar-refractivity contribution is 5.77. The molecule has 3 aromatic carbocycles. The Balaban J connectivity index is 1.47. The average molecular weight is 433 g/mol. The molecule has 0 bridgehead atoms. The Morgan fingerprint density at radius 3 is 1.97 bits per heavy atom. The molecule has 1 aliphatic rings. The maximum absolute atomic E-state index is 13.5. The van der Waals surface area contributed by atoms with E-state index in [1.807, 2.05) is 36.4 Å². The Bertz CT molecular complexity index is 934. The molecule has 0 aromatic heterocycles. The van der Waals surface area contributed by atoms with Crippen LogP contribution < -0.4 is 5.32 Å². The minimum absolute atomic E-state index is 0.00285. The lowest BCUT2D eigenvalue weighted by Crippen LogP contribution is -2.44. The van der Waals surface area contributed by atoms with E-state index in [1.165, 1.54) is 12.1 Å². The van der Waals surface area contributed by atoms with Crippen molar-refractivity contribution in [3.8, 4) is 0 Å². The standard InChI is InChI=1S/C27H29FN2O2/c28-24-13-11-23(12-14-24)26(30-15-17-32-18-16-30)20-29-27(31)19-25(21-7-3-1-4-8-21)22-9-5-2-6-10-22/h1-14,25-26H,15-20H2,(H,29,31)/t26-/m1/s1. The molecule has 3 aromatic rings. The third kappa shape index (κ3) is 5.81. The van der Waals surface area contributed by atoms with Crippen LogP contribution in [0.3, 0.4) is 0 Å². The van der Waals surface area contributed by atoms with Crippen LogP contribution in [0.4, 0.5) is 4.39 Å². The molecule has 0 spiro atoms. The zero-order chi connectivity index (χ0) is 22.2. The summed E-state index contributed by atoms with van der Waals surface area (Å²) >= 11 is 0. The van der Waals surface area contributed by atoms with E-state index in [4.69, 9.17) is 4.74 Å². The zero-order valence-corrected chi connectivity index (χ0v) is 18.1. The van der Waals surface area contributed by atoms with Gasteiger partial charge in [-0.25, -0.2) is 4.39 Å². The van der Waals surface area contributed by atoms with Crippen LogP contribution in [-0.4, -0.2) is 43.7 Å². The second-order valence-corrected chi connectivity index (χ2v) is 8.10. The molecule has 32 heavy (non-hydrogen) atoms. The number of rotatable bonds is 8. The maximum Gasteiger partial charge on any atom is 0.221 e. The molecule has 0 unspecified atom stereocenters. The number of hydrogen-bond donors (Lipinski definition) is 1. The molecule has 0 aliphatic carbocycles. The first-order valence-corrected chi connectivity index (χ1v) is 11.1. The molecule has 1 saturated heterocycles. The molecule has 1 heterocycles. The summed E-state index contributed by atoms with van der Waals surface area (Å²) in [5.41, 5.74) is 3.24. The first-order chi connectivity index (χ1) is 15.7. The van der Waals surface area contributed by atoms with E-state index in [9.17, 15) is 9.18 Å². The number of nitrogens with one attached hydrogen (secondary N) is 1. The highest BCUT2D eigenvalue weighted by Gasteiger charge is 2.24. The smallest absolute Gasteiger partial charge is 0.221 e. The molecule has 1 aliphatic heterocycles. The van der Waals surface area contributed by atoms with E-state index < -0.39 is 0 Å². The summed E-state index contributed by atoms with van der Waals surface area (Å²) < 4.78 is 19.0. The number of carbonyl (C=O) groups is 1. The number of ether oxygens (including phenoxy) is 1. The van der Waals surface area contributed by atoms with Gasteiger partial charge in [0.1, 0.15) is 5.82 Å². The van der Waals surface area contributed by atoms with E-state index in [-0.39, 0.29) is 23.7 Å². The van der Waals surface area contributed by atoms with Crippen LogP contribution >= 0.6 is 0 Å². The fourth-order valence-corrected chi connectivity index (χ4v) is 4.30. The number of hydrogen-bond acceptors (Lipinski definition) is 3. The maximum atomic E-state index is 13.5. The van der Waals surface area contributed by atoms with Gasteiger partial charge in [0.2, 0.25) is 5.91 Å². The number of amides is 1. The lowest BCUT2D eigenvalue weighted by molar-refractivity contribution is -0.121. The van der Waals surface area contributed by atoms with Crippen LogP contribution in [0.2, 0.25) is 0 Å². The molecular weight excluding hydrogens is 403 g/mol. The van der Waals surface area contributed by atoms with Crippen LogP contribution in [0.15, 0.2) is 84.9 Å². The summed E-state index contributed by atoms with van der Waals surface area (Å²) in [5, 5.41) is 3.15. The van der Waals surface area contributed by atoms with Gasteiger partial charge in [-0.2, -0.15) is 0 Å². The van der Waals surface area contributed by atoms with Crippen molar-refractivity contribution >= 4 is 5.91 Å². The summed E-state index contributed by atoms with van der Waals surface area (Å²) in [7, 11) is 0. The normalized spacial score (nSPS) is 15.4. The van der Waals surface area contributed by atoms with Crippen molar-refractivity contribution < 1.29 is 13.9 Å². The van der Waals surface area contributed by atoms with Gasteiger partial charge in [0.25, 0.3) is 0 Å². The predicted molar refractivity (Wildman–Crippen MR) is 124 cm³/mol. The predicted octanol–water partition coefficient (Wildman–Crippen LogP) is 4.54. The fourth-order valence-electron chi connectivity index (χ4n) is 4.30. The van der Waals surface area contributed by atoms with Crippen molar-refractivity contribution in [2.24, 2.45) is 0 Å². The van der Waals surface area contributed by atoms with Gasteiger partial charge in [0.15, 0.2) is 0 Å².